The second-order valence-corrected chi connectivity index (χ2v) is 7.47. The van der Waals surface area contributed by atoms with Crippen molar-refractivity contribution in [2.75, 3.05) is 37.4 Å². The maximum Gasteiger partial charge on any atom is 0.255 e. The molecule has 1 N–H and O–H groups in total. The monoisotopic (exact) mass is 365 g/mol. The van der Waals surface area contributed by atoms with Crippen molar-refractivity contribution >= 4 is 23.2 Å². The van der Waals surface area contributed by atoms with Gasteiger partial charge in [0.15, 0.2) is 0 Å². The van der Waals surface area contributed by atoms with E-state index in [0.717, 1.165) is 30.9 Å². The van der Waals surface area contributed by atoms with Crippen molar-refractivity contribution in [3.8, 4) is 0 Å². The number of piperidine rings is 1. The number of amides is 2. The van der Waals surface area contributed by atoms with Gasteiger partial charge in [-0.15, -0.1) is 0 Å². The average Bonchev–Trinajstić information content (AvgIpc) is 2.68. The van der Waals surface area contributed by atoms with Crippen LogP contribution in [0.25, 0.3) is 0 Å². The van der Waals surface area contributed by atoms with Crippen molar-refractivity contribution in [3.05, 3.63) is 59.7 Å². The highest BCUT2D eigenvalue weighted by molar-refractivity contribution is 6.05. The standard InChI is InChI=1S/C22H27N3O2/c1-16-5-4-14-25(15-16)22(27)18-8-6-17(7-9-18)21(26)23-19-10-12-20(13-11-19)24(2)3/h6-13,16H,4-5,14-15H2,1-3H3,(H,23,26). The molecule has 1 aliphatic rings. The first-order chi connectivity index (χ1) is 12.9. The van der Waals surface area contributed by atoms with E-state index in [-0.39, 0.29) is 11.8 Å². The zero-order valence-electron chi connectivity index (χ0n) is 16.2. The van der Waals surface area contributed by atoms with E-state index in [4.69, 9.17) is 0 Å². The molecule has 0 aliphatic carbocycles. The van der Waals surface area contributed by atoms with Crippen LogP contribution in [0.3, 0.4) is 0 Å². The van der Waals surface area contributed by atoms with Gasteiger partial charge in [-0.1, -0.05) is 6.92 Å². The Morgan fingerprint density at radius 1 is 1.00 bits per heavy atom. The topological polar surface area (TPSA) is 52.7 Å². The zero-order valence-corrected chi connectivity index (χ0v) is 16.2. The van der Waals surface area contributed by atoms with Gasteiger partial charge in [0, 0.05) is 49.7 Å². The van der Waals surface area contributed by atoms with Crippen molar-refractivity contribution in [1.29, 1.82) is 0 Å². The first-order valence-corrected chi connectivity index (χ1v) is 9.42. The predicted molar refractivity (Wildman–Crippen MR) is 109 cm³/mol. The molecular formula is C22H27N3O2. The summed E-state index contributed by atoms with van der Waals surface area (Å²) >= 11 is 0. The van der Waals surface area contributed by atoms with Crippen LogP contribution in [-0.2, 0) is 0 Å². The molecule has 5 nitrogen and oxygen atoms in total. The number of nitrogens with zero attached hydrogens (tertiary/aromatic N) is 2. The fraction of sp³-hybridized carbons (Fsp3) is 0.364. The molecule has 0 aromatic heterocycles. The van der Waals surface area contributed by atoms with Gasteiger partial charge in [0.2, 0.25) is 0 Å². The maximum atomic E-state index is 12.6. The van der Waals surface area contributed by atoms with Crippen molar-refractivity contribution in [2.45, 2.75) is 19.8 Å². The molecule has 2 aromatic rings. The lowest BCUT2D eigenvalue weighted by Crippen LogP contribution is -2.39. The van der Waals surface area contributed by atoms with E-state index in [0.29, 0.717) is 17.0 Å². The molecule has 142 valence electrons. The van der Waals surface area contributed by atoms with E-state index in [1.54, 1.807) is 24.3 Å². The van der Waals surface area contributed by atoms with E-state index in [1.165, 1.54) is 6.42 Å². The van der Waals surface area contributed by atoms with Gasteiger partial charge in [0.05, 0.1) is 0 Å². The molecule has 1 fully saturated rings. The summed E-state index contributed by atoms with van der Waals surface area (Å²) in [6.07, 6.45) is 2.23. The van der Waals surface area contributed by atoms with E-state index in [2.05, 4.69) is 12.2 Å². The lowest BCUT2D eigenvalue weighted by atomic mass is 9.99. The molecule has 1 heterocycles. The van der Waals surface area contributed by atoms with Crippen molar-refractivity contribution in [3.63, 3.8) is 0 Å². The molecule has 3 rings (SSSR count). The van der Waals surface area contributed by atoms with Crippen LogP contribution in [0.15, 0.2) is 48.5 Å². The van der Waals surface area contributed by atoms with E-state index in [1.807, 2.05) is 48.2 Å². The van der Waals surface area contributed by atoms with Gasteiger partial charge in [-0.05, 0) is 67.3 Å². The van der Waals surface area contributed by atoms with Gasteiger partial charge in [-0.3, -0.25) is 9.59 Å². The average molecular weight is 365 g/mol. The molecule has 5 heteroatoms. The summed E-state index contributed by atoms with van der Waals surface area (Å²) in [7, 11) is 3.95. The quantitative estimate of drug-likeness (QED) is 0.895. The molecule has 0 bridgehead atoms. The highest BCUT2D eigenvalue weighted by Crippen LogP contribution is 2.19. The molecule has 2 amide bonds. The van der Waals surface area contributed by atoms with Gasteiger partial charge in [0.1, 0.15) is 0 Å². The largest absolute Gasteiger partial charge is 0.378 e. The summed E-state index contributed by atoms with van der Waals surface area (Å²) in [5.74, 6) is 0.414. The molecule has 2 aromatic carbocycles. The fourth-order valence-corrected chi connectivity index (χ4v) is 3.37. The third-order valence-electron chi connectivity index (χ3n) is 4.98. The van der Waals surface area contributed by atoms with Crippen LogP contribution >= 0.6 is 0 Å². The van der Waals surface area contributed by atoms with E-state index < -0.39 is 0 Å². The van der Waals surface area contributed by atoms with Crippen LogP contribution in [0, 0.1) is 5.92 Å². The van der Waals surface area contributed by atoms with Crippen molar-refractivity contribution in [1.82, 2.24) is 4.90 Å². The highest BCUT2D eigenvalue weighted by atomic mass is 16.2. The van der Waals surface area contributed by atoms with Gasteiger partial charge >= 0.3 is 0 Å². The number of carbonyl (C=O) groups excluding carboxylic acids is 2. The highest BCUT2D eigenvalue weighted by Gasteiger charge is 2.22. The van der Waals surface area contributed by atoms with Gasteiger partial charge in [0.25, 0.3) is 11.8 Å². The molecule has 1 unspecified atom stereocenters. The third-order valence-corrected chi connectivity index (χ3v) is 4.98. The smallest absolute Gasteiger partial charge is 0.255 e. The minimum Gasteiger partial charge on any atom is -0.378 e. The Labute approximate surface area is 161 Å². The number of carbonyl (C=O) groups is 2. The van der Waals surface area contributed by atoms with Crippen LogP contribution in [0.2, 0.25) is 0 Å². The molecule has 1 atom stereocenters. The summed E-state index contributed by atoms with van der Waals surface area (Å²) < 4.78 is 0. The van der Waals surface area contributed by atoms with E-state index in [9.17, 15) is 9.59 Å². The number of benzene rings is 2. The van der Waals surface area contributed by atoms with Crippen LogP contribution in [0.4, 0.5) is 11.4 Å². The molecule has 1 saturated heterocycles. The van der Waals surface area contributed by atoms with Gasteiger partial charge in [-0.25, -0.2) is 0 Å². The van der Waals surface area contributed by atoms with Gasteiger partial charge in [-0.2, -0.15) is 0 Å². The molecule has 0 saturated carbocycles. The number of likely N-dealkylation sites (tertiary alicyclic amines) is 1. The number of hydrogen-bond acceptors (Lipinski definition) is 3. The summed E-state index contributed by atoms with van der Waals surface area (Å²) in [5, 5.41) is 2.89. The Kier molecular flexibility index (Phi) is 5.79. The van der Waals surface area contributed by atoms with Crippen LogP contribution in [0.5, 0.6) is 0 Å². The molecular weight excluding hydrogens is 338 g/mol. The molecule has 1 aliphatic heterocycles. The normalized spacial score (nSPS) is 16.7. The molecule has 27 heavy (non-hydrogen) atoms. The second kappa shape index (κ2) is 8.25. The van der Waals surface area contributed by atoms with Crippen LogP contribution in [0.1, 0.15) is 40.5 Å². The maximum absolute atomic E-state index is 12.6. The molecule has 0 spiro atoms. The van der Waals surface area contributed by atoms with Crippen LogP contribution < -0.4 is 10.2 Å². The zero-order chi connectivity index (χ0) is 19.4. The Morgan fingerprint density at radius 3 is 2.22 bits per heavy atom. The third kappa shape index (κ3) is 4.67. The minimum atomic E-state index is -0.182. The first-order valence-electron chi connectivity index (χ1n) is 9.42. The second-order valence-electron chi connectivity index (χ2n) is 7.47. The number of rotatable bonds is 4. The SMILES string of the molecule is CC1CCCN(C(=O)c2ccc(C(=O)Nc3ccc(N(C)C)cc3)cc2)C1. The first kappa shape index (κ1) is 19.0. The van der Waals surface area contributed by atoms with E-state index >= 15 is 0 Å². The summed E-state index contributed by atoms with van der Waals surface area (Å²) in [6.45, 7) is 3.80. The molecule has 0 radical (unpaired) electrons. The van der Waals surface area contributed by atoms with Crippen molar-refractivity contribution in [2.24, 2.45) is 5.92 Å². The van der Waals surface area contributed by atoms with Gasteiger partial charge < -0.3 is 15.1 Å². The minimum absolute atomic E-state index is 0.0489. The summed E-state index contributed by atoms with van der Waals surface area (Å²) in [4.78, 5) is 29.0. The number of anilines is 2. The lowest BCUT2D eigenvalue weighted by Gasteiger charge is -2.31. The number of hydrogen-bond donors (Lipinski definition) is 1. The Balaban J connectivity index is 1.64. The van der Waals surface area contributed by atoms with Crippen molar-refractivity contribution < 1.29 is 9.59 Å². The predicted octanol–water partition coefficient (Wildman–Crippen LogP) is 3.88. The Hall–Kier alpha value is -2.82. The number of nitrogens with one attached hydrogen (secondary N) is 1. The Bertz CT molecular complexity index is 797. The Morgan fingerprint density at radius 2 is 1.63 bits per heavy atom. The summed E-state index contributed by atoms with van der Waals surface area (Å²) in [5.41, 5.74) is 2.99. The lowest BCUT2D eigenvalue weighted by molar-refractivity contribution is 0.0682. The fourth-order valence-electron chi connectivity index (χ4n) is 3.37. The summed E-state index contributed by atoms with van der Waals surface area (Å²) in [6, 6.07) is 14.6. The van der Waals surface area contributed by atoms with Crippen LogP contribution in [-0.4, -0.2) is 43.9 Å².